The lowest BCUT2D eigenvalue weighted by atomic mass is 10.1. The molecular formula is C15H24N2O3. The Kier molecular flexibility index (Phi) is 5.82. The van der Waals surface area contributed by atoms with Gasteiger partial charge in [0.25, 0.3) is 0 Å². The minimum atomic E-state index is -0.203. The van der Waals surface area contributed by atoms with Gasteiger partial charge in [-0.15, -0.1) is 0 Å². The Morgan fingerprint density at radius 2 is 2.05 bits per heavy atom. The molecule has 0 radical (unpaired) electrons. The topological polar surface area (TPSA) is 70.6 Å². The highest BCUT2D eigenvalue weighted by Gasteiger charge is 2.12. The molecule has 5 nitrogen and oxygen atoms in total. The van der Waals surface area contributed by atoms with Crippen molar-refractivity contribution in [3.05, 3.63) is 23.8 Å². The quantitative estimate of drug-likeness (QED) is 0.695. The van der Waals surface area contributed by atoms with Gasteiger partial charge in [-0.3, -0.25) is 4.79 Å². The number of benzene rings is 1. The van der Waals surface area contributed by atoms with Crippen LogP contribution in [0.5, 0.6) is 11.5 Å². The van der Waals surface area contributed by atoms with Crippen molar-refractivity contribution in [2.24, 2.45) is 0 Å². The van der Waals surface area contributed by atoms with E-state index < -0.39 is 0 Å². The van der Waals surface area contributed by atoms with Gasteiger partial charge in [0.2, 0.25) is 5.91 Å². The molecular weight excluding hydrogens is 256 g/mol. The van der Waals surface area contributed by atoms with Gasteiger partial charge in [0, 0.05) is 36.7 Å². The molecule has 0 bridgehead atoms. The molecule has 0 saturated heterocycles. The Morgan fingerprint density at radius 1 is 1.35 bits per heavy atom. The molecule has 0 aromatic heterocycles. The molecule has 1 rings (SSSR count). The van der Waals surface area contributed by atoms with Crippen molar-refractivity contribution in [3.63, 3.8) is 0 Å². The van der Waals surface area contributed by atoms with Crippen molar-refractivity contribution in [2.45, 2.75) is 39.3 Å². The fourth-order valence-electron chi connectivity index (χ4n) is 1.73. The number of amides is 1. The molecule has 0 aliphatic rings. The van der Waals surface area contributed by atoms with E-state index in [1.165, 1.54) is 0 Å². The summed E-state index contributed by atoms with van der Waals surface area (Å²) in [5.41, 5.74) is 0.577. The number of hydrogen-bond donors (Lipinski definition) is 3. The van der Waals surface area contributed by atoms with Crippen molar-refractivity contribution >= 4 is 5.91 Å². The standard InChI is InChI=1S/C15H24N2O3/c1-15(2,3)17-14(19)7-8-16-10-11-5-6-12(20-4)9-13(11)18/h5-6,9,16,18H,7-8,10H2,1-4H3,(H,17,19). The number of ether oxygens (including phenoxy) is 1. The molecule has 112 valence electrons. The summed E-state index contributed by atoms with van der Waals surface area (Å²) in [7, 11) is 1.56. The fourth-order valence-corrected chi connectivity index (χ4v) is 1.73. The van der Waals surface area contributed by atoms with Crippen molar-refractivity contribution in [1.82, 2.24) is 10.6 Å². The Balaban J connectivity index is 2.33. The highest BCUT2D eigenvalue weighted by Crippen LogP contribution is 2.22. The summed E-state index contributed by atoms with van der Waals surface area (Å²) in [6.07, 6.45) is 0.411. The van der Waals surface area contributed by atoms with E-state index >= 15 is 0 Å². The van der Waals surface area contributed by atoms with Crippen LogP contribution >= 0.6 is 0 Å². The average Bonchev–Trinajstić information content (AvgIpc) is 2.33. The maximum Gasteiger partial charge on any atom is 0.221 e. The lowest BCUT2D eigenvalue weighted by molar-refractivity contribution is -0.122. The summed E-state index contributed by atoms with van der Waals surface area (Å²) in [5.74, 6) is 0.829. The monoisotopic (exact) mass is 280 g/mol. The predicted molar refractivity (Wildman–Crippen MR) is 78.9 cm³/mol. The van der Waals surface area contributed by atoms with E-state index in [9.17, 15) is 9.90 Å². The summed E-state index contributed by atoms with van der Waals surface area (Å²) in [6, 6.07) is 5.17. The lowest BCUT2D eigenvalue weighted by Crippen LogP contribution is -2.41. The fraction of sp³-hybridized carbons (Fsp3) is 0.533. The van der Waals surface area contributed by atoms with Gasteiger partial charge < -0.3 is 20.5 Å². The molecule has 0 heterocycles. The molecule has 3 N–H and O–H groups in total. The predicted octanol–water partition coefficient (Wildman–Crippen LogP) is 1.80. The summed E-state index contributed by atoms with van der Waals surface area (Å²) in [5, 5.41) is 15.8. The van der Waals surface area contributed by atoms with E-state index in [1.54, 1.807) is 25.3 Å². The second kappa shape index (κ2) is 7.14. The average molecular weight is 280 g/mol. The summed E-state index contributed by atoms with van der Waals surface area (Å²) in [6.45, 7) is 6.93. The molecule has 0 unspecified atom stereocenters. The van der Waals surface area contributed by atoms with Crippen LogP contribution in [0.3, 0.4) is 0 Å². The van der Waals surface area contributed by atoms with Crippen molar-refractivity contribution in [2.75, 3.05) is 13.7 Å². The van der Waals surface area contributed by atoms with E-state index in [0.29, 0.717) is 25.3 Å². The number of rotatable bonds is 6. The van der Waals surface area contributed by atoms with Gasteiger partial charge in [-0.25, -0.2) is 0 Å². The van der Waals surface area contributed by atoms with Crippen LogP contribution in [0, 0.1) is 0 Å². The molecule has 0 atom stereocenters. The number of phenols is 1. The number of carbonyl (C=O) groups is 1. The normalized spacial score (nSPS) is 11.2. The Bertz CT molecular complexity index is 453. The molecule has 0 aliphatic carbocycles. The minimum absolute atomic E-state index is 0.0175. The first kappa shape index (κ1) is 16.3. The van der Waals surface area contributed by atoms with E-state index in [0.717, 1.165) is 5.56 Å². The molecule has 0 spiro atoms. The van der Waals surface area contributed by atoms with Crippen LogP contribution in [-0.4, -0.2) is 30.2 Å². The molecule has 0 saturated carbocycles. The van der Waals surface area contributed by atoms with Crippen LogP contribution in [0.2, 0.25) is 0 Å². The zero-order valence-electron chi connectivity index (χ0n) is 12.6. The lowest BCUT2D eigenvalue weighted by Gasteiger charge is -2.20. The molecule has 1 aromatic rings. The van der Waals surface area contributed by atoms with Crippen LogP contribution in [0.25, 0.3) is 0 Å². The SMILES string of the molecule is COc1ccc(CNCCC(=O)NC(C)(C)C)c(O)c1. The van der Waals surface area contributed by atoms with Crippen LogP contribution in [0.4, 0.5) is 0 Å². The number of aromatic hydroxyl groups is 1. The molecule has 1 amide bonds. The highest BCUT2D eigenvalue weighted by atomic mass is 16.5. The summed E-state index contributed by atoms with van der Waals surface area (Å²) < 4.78 is 5.02. The van der Waals surface area contributed by atoms with Crippen LogP contribution in [0.1, 0.15) is 32.8 Å². The second-order valence-corrected chi connectivity index (χ2v) is 5.72. The Morgan fingerprint density at radius 3 is 2.60 bits per heavy atom. The van der Waals surface area contributed by atoms with Crippen LogP contribution < -0.4 is 15.4 Å². The van der Waals surface area contributed by atoms with E-state index in [-0.39, 0.29) is 17.2 Å². The first-order chi connectivity index (χ1) is 9.31. The maximum absolute atomic E-state index is 11.6. The third-order valence-corrected chi connectivity index (χ3v) is 2.65. The third kappa shape index (κ3) is 5.93. The molecule has 0 aliphatic heterocycles. The maximum atomic E-state index is 11.6. The summed E-state index contributed by atoms with van der Waals surface area (Å²) >= 11 is 0. The number of hydrogen-bond acceptors (Lipinski definition) is 4. The van der Waals surface area contributed by atoms with E-state index in [2.05, 4.69) is 10.6 Å². The third-order valence-electron chi connectivity index (χ3n) is 2.65. The van der Waals surface area contributed by atoms with Gasteiger partial charge in [-0.1, -0.05) is 6.07 Å². The van der Waals surface area contributed by atoms with Crippen LogP contribution in [-0.2, 0) is 11.3 Å². The zero-order valence-corrected chi connectivity index (χ0v) is 12.6. The Hall–Kier alpha value is -1.75. The number of phenolic OH excluding ortho intramolecular Hbond substituents is 1. The minimum Gasteiger partial charge on any atom is -0.507 e. The van der Waals surface area contributed by atoms with Gasteiger partial charge in [-0.05, 0) is 26.8 Å². The number of methoxy groups -OCH3 is 1. The van der Waals surface area contributed by atoms with Crippen LogP contribution in [0.15, 0.2) is 18.2 Å². The first-order valence-electron chi connectivity index (χ1n) is 6.69. The van der Waals surface area contributed by atoms with Gasteiger partial charge in [0.1, 0.15) is 11.5 Å². The smallest absolute Gasteiger partial charge is 0.221 e. The zero-order chi connectivity index (χ0) is 15.2. The van der Waals surface area contributed by atoms with Crippen molar-refractivity contribution in [3.8, 4) is 11.5 Å². The van der Waals surface area contributed by atoms with E-state index in [4.69, 9.17) is 4.74 Å². The molecule has 5 heteroatoms. The van der Waals surface area contributed by atoms with Crippen molar-refractivity contribution in [1.29, 1.82) is 0 Å². The van der Waals surface area contributed by atoms with Gasteiger partial charge in [-0.2, -0.15) is 0 Å². The number of carbonyl (C=O) groups excluding carboxylic acids is 1. The molecule has 20 heavy (non-hydrogen) atoms. The Labute approximate surface area is 120 Å². The van der Waals surface area contributed by atoms with Gasteiger partial charge >= 0.3 is 0 Å². The number of nitrogens with one attached hydrogen (secondary N) is 2. The highest BCUT2D eigenvalue weighted by molar-refractivity contribution is 5.76. The largest absolute Gasteiger partial charge is 0.507 e. The second-order valence-electron chi connectivity index (χ2n) is 5.72. The van der Waals surface area contributed by atoms with Gasteiger partial charge in [0.05, 0.1) is 7.11 Å². The van der Waals surface area contributed by atoms with Crippen molar-refractivity contribution < 1.29 is 14.6 Å². The first-order valence-corrected chi connectivity index (χ1v) is 6.69. The molecule has 0 fully saturated rings. The molecule has 1 aromatic carbocycles. The van der Waals surface area contributed by atoms with E-state index in [1.807, 2.05) is 20.8 Å². The van der Waals surface area contributed by atoms with Gasteiger partial charge in [0.15, 0.2) is 0 Å². The summed E-state index contributed by atoms with van der Waals surface area (Å²) in [4.78, 5) is 11.6.